The van der Waals surface area contributed by atoms with Crippen LogP contribution in [0.25, 0.3) is 0 Å². The van der Waals surface area contributed by atoms with Crippen LogP contribution in [-0.4, -0.2) is 44.7 Å². The summed E-state index contributed by atoms with van der Waals surface area (Å²) >= 11 is 0. The molecule has 0 aliphatic heterocycles. The molecule has 1 aromatic rings. The van der Waals surface area contributed by atoms with E-state index in [1.807, 2.05) is 0 Å². The van der Waals surface area contributed by atoms with Crippen LogP contribution >= 0.6 is 0 Å². The van der Waals surface area contributed by atoms with Crippen LogP contribution in [0, 0.1) is 0 Å². The number of aryl methyl sites for hydroxylation is 1. The van der Waals surface area contributed by atoms with Crippen molar-refractivity contribution >= 4 is 15.8 Å². The van der Waals surface area contributed by atoms with Crippen molar-refractivity contribution in [2.45, 2.75) is 6.42 Å². The molecule has 1 heterocycles. The van der Waals surface area contributed by atoms with Gasteiger partial charge in [-0.15, -0.1) is 0 Å². The highest BCUT2D eigenvalue weighted by Gasteiger charge is 2.13. The number of anilines is 1. The van der Waals surface area contributed by atoms with Gasteiger partial charge in [0.2, 0.25) is 15.9 Å². The van der Waals surface area contributed by atoms with Gasteiger partial charge in [0, 0.05) is 13.1 Å². The summed E-state index contributed by atoms with van der Waals surface area (Å²) in [6, 6.07) is 1.54. The fourth-order valence-electron chi connectivity index (χ4n) is 1.34. The van der Waals surface area contributed by atoms with Crippen molar-refractivity contribution in [2.24, 2.45) is 7.05 Å². The third kappa shape index (κ3) is 4.23. The molecule has 0 amide bonds. The molecule has 0 aliphatic carbocycles. The van der Waals surface area contributed by atoms with Crippen LogP contribution in [0.3, 0.4) is 0 Å². The second-order valence-corrected chi connectivity index (χ2v) is 5.42. The summed E-state index contributed by atoms with van der Waals surface area (Å²) in [5.74, 6) is 0.832. The molecule has 0 fully saturated rings. The van der Waals surface area contributed by atoms with Crippen LogP contribution in [-0.2, 0) is 17.1 Å². The Balaban J connectivity index is 2.63. The van der Waals surface area contributed by atoms with Gasteiger partial charge in [0.25, 0.3) is 0 Å². The molecule has 1 aromatic heterocycles. The first-order chi connectivity index (χ1) is 7.98. The fraction of sp³-hybridized carbons (Fsp3) is 0.667. The Morgan fingerprint density at radius 3 is 2.76 bits per heavy atom. The highest BCUT2D eigenvalue weighted by molar-refractivity contribution is 7.92. The molecule has 0 spiro atoms. The van der Waals surface area contributed by atoms with Crippen LogP contribution in [0.5, 0.6) is 5.88 Å². The number of aromatic nitrogens is 2. The highest BCUT2D eigenvalue weighted by Crippen LogP contribution is 2.16. The second-order valence-electron chi connectivity index (χ2n) is 3.57. The third-order valence-corrected chi connectivity index (χ3v) is 3.49. The molecule has 0 aromatic carbocycles. The zero-order chi connectivity index (χ0) is 12.9. The Morgan fingerprint density at radius 2 is 2.24 bits per heavy atom. The maximum atomic E-state index is 11.7. The molecular weight excluding hydrogens is 244 g/mol. The minimum Gasteiger partial charge on any atom is -0.481 e. The van der Waals surface area contributed by atoms with Gasteiger partial charge < -0.3 is 10.1 Å². The molecule has 1 rings (SSSR count). The number of nitrogens with one attached hydrogen (secondary N) is 2. The summed E-state index contributed by atoms with van der Waals surface area (Å²) < 4.78 is 32.2. The molecule has 0 unspecified atom stereocenters. The Kier molecular flexibility index (Phi) is 4.76. The number of hydrogen-bond acceptors (Lipinski definition) is 5. The standard InChI is InChI=1S/C9H18N4O3S/c1-10-5-4-6-17(14,15)12-8-7-9(16-3)13(2)11-8/h7,10H,4-6H2,1-3H3,(H,11,12). The van der Waals surface area contributed by atoms with Gasteiger partial charge in [0.1, 0.15) is 0 Å². The van der Waals surface area contributed by atoms with Crippen molar-refractivity contribution in [3.05, 3.63) is 6.07 Å². The second kappa shape index (κ2) is 5.87. The van der Waals surface area contributed by atoms with Crippen molar-refractivity contribution in [3.63, 3.8) is 0 Å². The maximum absolute atomic E-state index is 11.7. The number of hydrogen-bond donors (Lipinski definition) is 2. The zero-order valence-corrected chi connectivity index (χ0v) is 11.0. The number of sulfonamides is 1. The third-order valence-electron chi connectivity index (χ3n) is 2.15. The first-order valence-corrected chi connectivity index (χ1v) is 6.87. The Labute approximate surface area is 101 Å². The SMILES string of the molecule is CNCCCS(=O)(=O)Nc1cc(OC)n(C)n1. The molecular formula is C9H18N4O3S. The summed E-state index contributed by atoms with van der Waals surface area (Å²) in [5, 5.41) is 6.88. The number of ether oxygens (including phenoxy) is 1. The van der Waals surface area contributed by atoms with E-state index in [2.05, 4.69) is 15.1 Å². The Hall–Kier alpha value is -1.28. The van der Waals surface area contributed by atoms with Gasteiger partial charge in [-0.2, -0.15) is 5.10 Å². The molecule has 2 N–H and O–H groups in total. The normalized spacial score (nSPS) is 11.5. The van der Waals surface area contributed by atoms with Crippen LogP contribution in [0.1, 0.15) is 6.42 Å². The van der Waals surface area contributed by atoms with Crippen LogP contribution in [0.4, 0.5) is 5.82 Å². The molecule has 0 saturated carbocycles. The van der Waals surface area contributed by atoms with E-state index < -0.39 is 10.0 Å². The van der Waals surface area contributed by atoms with Crippen molar-refractivity contribution < 1.29 is 13.2 Å². The van der Waals surface area contributed by atoms with E-state index in [1.54, 1.807) is 14.1 Å². The van der Waals surface area contributed by atoms with Gasteiger partial charge in [0.15, 0.2) is 5.82 Å². The summed E-state index contributed by atoms with van der Waals surface area (Å²) in [6.45, 7) is 0.659. The van der Waals surface area contributed by atoms with E-state index in [1.165, 1.54) is 17.9 Å². The minimum absolute atomic E-state index is 0.0622. The Bertz CT molecular complexity index is 455. The van der Waals surface area contributed by atoms with Crippen molar-refractivity contribution in [1.82, 2.24) is 15.1 Å². The smallest absolute Gasteiger partial charge is 0.233 e. The molecule has 0 atom stereocenters. The predicted molar refractivity (Wildman–Crippen MR) is 65.7 cm³/mol. The van der Waals surface area contributed by atoms with E-state index in [4.69, 9.17) is 4.74 Å². The number of rotatable bonds is 7. The molecule has 17 heavy (non-hydrogen) atoms. The van der Waals surface area contributed by atoms with E-state index >= 15 is 0 Å². The monoisotopic (exact) mass is 262 g/mol. The molecule has 0 saturated heterocycles. The van der Waals surface area contributed by atoms with E-state index in [-0.39, 0.29) is 11.6 Å². The van der Waals surface area contributed by atoms with Crippen molar-refractivity contribution in [2.75, 3.05) is 31.2 Å². The molecule has 7 nitrogen and oxygen atoms in total. The molecule has 98 valence electrons. The maximum Gasteiger partial charge on any atom is 0.233 e. The fourth-order valence-corrected chi connectivity index (χ4v) is 2.39. The average molecular weight is 262 g/mol. The summed E-state index contributed by atoms with van der Waals surface area (Å²) in [7, 11) is 1.62. The highest BCUT2D eigenvalue weighted by atomic mass is 32.2. The summed E-state index contributed by atoms with van der Waals surface area (Å²) in [4.78, 5) is 0. The summed E-state index contributed by atoms with van der Waals surface area (Å²) in [5.41, 5.74) is 0. The average Bonchev–Trinajstić information content (AvgIpc) is 2.58. The van der Waals surface area contributed by atoms with Gasteiger partial charge in [0.05, 0.1) is 12.9 Å². The molecule has 0 bridgehead atoms. The van der Waals surface area contributed by atoms with Gasteiger partial charge in [-0.25, -0.2) is 13.1 Å². The van der Waals surface area contributed by atoms with Crippen LogP contribution in [0.2, 0.25) is 0 Å². The lowest BCUT2D eigenvalue weighted by molar-refractivity contribution is 0.373. The molecule has 0 radical (unpaired) electrons. The first kappa shape index (κ1) is 13.8. The first-order valence-electron chi connectivity index (χ1n) is 5.21. The topological polar surface area (TPSA) is 85.3 Å². The van der Waals surface area contributed by atoms with Gasteiger partial charge in [-0.05, 0) is 20.0 Å². The largest absolute Gasteiger partial charge is 0.481 e. The predicted octanol–water partition coefficient (Wildman–Crippen LogP) is -0.220. The minimum atomic E-state index is -3.34. The van der Waals surface area contributed by atoms with Gasteiger partial charge in [-0.1, -0.05) is 0 Å². The lowest BCUT2D eigenvalue weighted by Gasteiger charge is -2.04. The molecule has 0 aliphatic rings. The van der Waals surface area contributed by atoms with E-state index in [0.717, 1.165) is 0 Å². The van der Waals surface area contributed by atoms with Crippen LogP contribution < -0.4 is 14.8 Å². The molecule has 8 heteroatoms. The van der Waals surface area contributed by atoms with Crippen LogP contribution in [0.15, 0.2) is 6.07 Å². The lowest BCUT2D eigenvalue weighted by atomic mass is 10.5. The van der Waals surface area contributed by atoms with Crippen molar-refractivity contribution in [3.8, 4) is 5.88 Å². The van der Waals surface area contributed by atoms with Crippen molar-refractivity contribution in [1.29, 1.82) is 0 Å². The summed E-state index contributed by atoms with van der Waals surface area (Å²) in [6.07, 6.45) is 0.551. The van der Waals surface area contributed by atoms with Gasteiger partial charge >= 0.3 is 0 Å². The Morgan fingerprint density at radius 1 is 1.53 bits per heavy atom. The number of nitrogens with zero attached hydrogens (tertiary/aromatic N) is 2. The van der Waals surface area contributed by atoms with E-state index in [0.29, 0.717) is 18.8 Å². The zero-order valence-electron chi connectivity index (χ0n) is 10.2. The quantitative estimate of drug-likeness (QED) is 0.664. The number of methoxy groups -OCH3 is 1. The van der Waals surface area contributed by atoms with Gasteiger partial charge in [-0.3, -0.25) is 4.72 Å². The lowest BCUT2D eigenvalue weighted by Crippen LogP contribution is -2.20. The van der Waals surface area contributed by atoms with E-state index in [9.17, 15) is 8.42 Å².